The van der Waals surface area contributed by atoms with Crippen LogP contribution in [0, 0.1) is 10.8 Å². The van der Waals surface area contributed by atoms with Gasteiger partial charge in [-0.2, -0.15) is 4.57 Å². The molecule has 1 aromatic heterocycles. The van der Waals surface area contributed by atoms with E-state index in [9.17, 15) is 0 Å². The van der Waals surface area contributed by atoms with E-state index in [0.717, 1.165) is 102 Å². The molecule has 7 aromatic rings. The molecular weight excluding hydrogens is 756 g/mol. The zero-order chi connectivity index (χ0) is 38.2. The fourth-order valence-electron chi connectivity index (χ4n) is 11.4. The SMILES string of the molecule is CCC1=C2c3oc4cc5ccccc5cc4[n+]3CC3(CCC3Oc3ccccc3)C2OC2C1=C1Oc3cc4ccccc4cc3N1CC21CCC1Oc1ccccc1.[Cl-]. The molecule has 59 heavy (non-hydrogen) atoms. The zero-order valence-corrected chi connectivity index (χ0v) is 33.5. The average Bonchev–Trinajstić information content (AvgIpc) is 3.80. The molecule has 294 valence electrons. The number of halogens is 1. The quantitative estimate of drug-likeness (QED) is 0.168. The third-order valence-corrected chi connectivity index (χ3v) is 14.4. The standard InChI is InChI=1S/C51H43N2O5.ClH/c1-2-37-44-46(50(23-21-42(50)54-35-17-5-3-6-18-35)29-52-38-25-31-13-9-11-15-33(31)27-40(38)56-48(44)52)58-47-45(37)49-53(39-26-32-14-10-12-16-34(32)28-41(39)57-49)30-51(47)24-22-43(51)55-36-19-7-4-8-20-36;/h3-20,25-28,42-43,46-47H,2,21-24,29-30H2,1H3;1H/q+1;/p-1. The minimum Gasteiger partial charge on any atom is -1.00 e. The molecule has 5 heterocycles. The molecule has 6 unspecified atom stereocenters. The number of hydrogen-bond acceptors (Lipinski definition) is 6. The maximum absolute atomic E-state index is 7.94. The van der Waals surface area contributed by atoms with Crippen molar-refractivity contribution in [2.45, 2.75) is 70.0 Å². The van der Waals surface area contributed by atoms with Gasteiger partial charge in [0, 0.05) is 18.2 Å². The second kappa shape index (κ2) is 12.9. The van der Waals surface area contributed by atoms with Crippen LogP contribution in [0.25, 0.3) is 38.2 Å². The van der Waals surface area contributed by atoms with Gasteiger partial charge in [0.2, 0.25) is 11.5 Å². The molecule has 0 amide bonds. The summed E-state index contributed by atoms with van der Waals surface area (Å²) in [6, 6.07) is 46.8. The summed E-state index contributed by atoms with van der Waals surface area (Å²) in [4.78, 5) is 2.44. The minimum atomic E-state index is -0.322. The zero-order valence-electron chi connectivity index (χ0n) is 32.8. The summed E-state index contributed by atoms with van der Waals surface area (Å²) in [5, 5.41) is 4.73. The summed E-state index contributed by atoms with van der Waals surface area (Å²) in [6.07, 6.45) is 4.10. The van der Waals surface area contributed by atoms with Crippen molar-refractivity contribution in [3.05, 3.63) is 156 Å². The van der Waals surface area contributed by atoms with Crippen LogP contribution in [0.5, 0.6) is 17.2 Å². The van der Waals surface area contributed by atoms with Crippen LogP contribution >= 0.6 is 0 Å². The summed E-state index contributed by atoms with van der Waals surface area (Å²) < 4.78 is 38.6. The number of aromatic nitrogens is 1. The van der Waals surface area contributed by atoms with E-state index in [1.54, 1.807) is 0 Å². The topological polar surface area (TPSA) is 57.2 Å². The van der Waals surface area contributed by atoms with Gasteiger partial charge in [0.05, 0.1) is 28.2 Å². The molecule has 2 fully saturated rings. The van der Waals surface area contributed by atoms with E-state index in [2.05, 4.69) is 138 Å². The highest BCUT2D eigenvalue weighted by Gasteiger charge is 2.70. The second-order valence-corrected chi connectivity index (χ2v) is 17.3. The molecule has 6 aliphatic rings. The first-order chi connectivity index (χ1) is 28.6. The van der Waals surface area contributed by atoms with Crippen LogP contribution in [0.1, 0.15) is 44.9 Å². The molecule has 6 aromatic carbocycles. The molecule has 2 saturated carbocycles. The van der Waals surface area contributed by atoms with E-state index >= 15 is 0 Å². The largest absolute Gasteiger partial charge is 1.00 e. The molecule has 0 N–H and O–H groups in total. The lowest BCUT2D eigenvalue weighted by Crippen LogP contribution is -3.00. The maximum Gasteiger partial charge on any atom is 0.380 e. The van der Waals surface area contributed by atoms with E-state index in [-0.39, 0.29) is 47.7 Å². The molecule has 2 spiro atoms. The van der Waals surface area contributed by atoms with Crippen molar-refractivity contribution in [2.75, 3.05) is 11.4 Å². The Hall–Kier alpha value is -5.76. The highest BCUT2D eigenvalue weighted by molar-refractivity contribution is 5.94. The molecule has 2 aliphatic carbocycles. The van der Waals surface area contributed by atoms with Crippen molar-refractivity contribution >= 4 is 43.9 Å². The number of fused-ring (bicyclic) bond motifs is 13. The normalized spacial score (nSPS) is 27.3. The monoisotopic (exact) mass is 798 g/mol. The molecule has 6 atom stereocenters. The molecular formula is C51H43ClN2O5. The summed E-state index contributed by atoms with van der Waals surface area (Å²) in [6.45, 7) is 3.77. The van der Waals surface area contributed by atoms with Crippen LogP contribution in [-0.4, -0.2) is 31.0 Å². The molecule has 0 radical (unpaired) electrons. The molecule has 13 rings (SSSR count). The van der Waals surface area contributed by atoms with Gasteiger partial charge in [-0.25, -0.2) is 0 Å². The Labute approximate surface area is 348 Å². The van der Waals surface area contributed by atoms with Gasteiger partial charge >= 0.3 is 5.89 Å². The van der Waals surface area contributed by atoms with Gasteiger partial charge in [0.1, 0.15) is 29.8 Å². The van der Waals surface area contributed by atoms with Gasteiger partial charge in [0.15, 0.2) is 12.3 Å². The van der Waals surface area contributed by atoms with Crippen molar-refractivity contribution in [3.63, 3.8) is 0 Å². The number of benzene rings is 6. The lowest BCUT2D eigenvalue weighted by atomic mass is 9.54. The number of para-hydroxylation sites is 2. The number of ether oxygens (including phenoxy) is 4. The number of hydrogen-bond donors (Lipinski definition) is 0. The Morgan fingerprint density at radius 2 is 1.25 bits per heavy atom. The van der Waals surface area contributed by atoms with Crippen molar-refractivity contribution in [3.8, 4) is 17.2 Å². The van der Waals surface area contributed by atoms with Gasteiger partial charge in [-0.05, 0) is 102 Å². The van der Waals surface area contributed by atoms with Crippen molar-refractivity contribution in [1.82, 2.24) is 0 Å². The summed E-state index contributed by atoms with van der Waals surface area (Å²) >= 11 is 0. The van der Waals surface area contributed by atoms with Crippen LogP contribution in [0.4, 0.5) is 5.69 Å². The van der Waals surface area contributed by atoms with Gasteiger partial charge in [0.25, 0.3) is 5.52 Å². The second-order valence-electron chi connectivity index (χ2n) is 17.3. The summed E-state index contributed by atoms with van der Waals surface area (Å²) in [5.74, 6) is 4.45. The van der Waals surface area contributed by atoms with E-state index in [1.807, 2.05) is 12.1 Å². The van der Waals surface area contributed by atoms with Crippen LogP contribution in [-0.2, 0) is 11.3 Å². The van der Waals surface area contributed by atoms with Crippen molar-refractivity contribution < 1.29 is 40.3 Å². The number of nitrogens with zero attached hydrogens (tertiary/aromatic N) is 2. The Morgan fingerprint density at radius 1 is 0.678 bits per heavy atom. The molecule has 8 heteroatoms. The fourth-order valence-corrected chi connectivity index (χ4v) is 11.4. The van der Waals surface area contributed by atoms with Gasteiger partial charge in [-0.1, -0.05) is 91.9 Å². The average molecular weight is 799 g/mol. The Morgan fingerprint density at radius 3 is 1.88 bits per heavy atom. The molecule has 4 aliphatic heterocycles. The highest BCUT2D eigenvalue weighted by atomic mass is 35.5. The van der Waals surface area contributed by atoms with Crippen molar-refractivity contribution in [2.24, 2.45) is 10.8 Å². The van der Waals surface area contributed by atoms with Crippen LogP contribution in [0.3, 0.4) is 0 Å². The van der Waals surface area contributed by atoms with E-state index in [4.69, 9.17) is 23.4 Å². The highest BCUT2D eigenvalue weighted by Crippen LogP contribution is 2.64. The summed E-state index contributed by atoms with van der Waals surface area (Å²) in [5.41, 5.74) is 5.98. The Balaban J connectivity index is 0.00000377. The van der Waals surface area contributed by atoms with Gasteiger partial charge in [-0.3, -0.25) is 0 Å². The number of anilines is 1. The van der Waals surface area contributed by atoms with Crippen molar-refractivity contribution in [1.29, 1.82) is 0 Å². The van der Waals surface area contributed by atoms with Crippen LogP contribution in [0.2, 0.25) is 0 Å². The predicted octanol–water partition coefficient (Wildman–Crippen LogP) is 7.56. The third-order valence-electron chi connectivity index (χ3n) is 14.4. The maximum atomic E-state index is 7.94. The van der Waals surface area contributed by atoms with Gasteiger partial charge in [-0.15, -0.1) is 0 Å². The lowest BCUT2D eigenvalue weighted by molar-refractivity contribution is -0.704. The molecule has 0 saturated heterocycles. The van der Waals surface area contributed by atoms with Crippen LogP contribution < -0.4 is 36.1 Å². The first-order valence-electron chi connectivity index (χ1n) is 21.0. The van der Waals surface area contributed by atoms with Gasteiger partial charge < -0.3 is 40.7 Å². The summed E-state index contributed by atoms with van der Waals surface area (Å²) in [7, 11) is 0. The van der Waals surface area contributed by atoms with Crippen LogP contribution in [0.15, 0.2) is 155 Å². The third kappa shape index (κ3) is 4.89. The van der Waals surface area contributed by atoms with E-state index in [0.29, 0.717) is 0 Å². The number of oxazole rings is 1. The number of rotatable bonds is 5. The Kier molecular flexibility index (Phi) is 7.68. The van der Waals surface area contributed by atoms with E-state index in [1.165, 1.54) is 27.1 Å². The first kappa shape index (κ1) is 35.2. The molecule has 0 bridgehead atoms. The molecule has 7 nitrogen and oxygen atoms in total. The lowest BCUT2D eigenvalue weighted by Gasteiger charge is -2.61. The van der Waals surface area contributed by atoms with E-state index < -0.39 is 0 Å². The first-order valence-corrected chi connectivity index (χ1v) is 21.0. The predicted molar refractivity (Wildman–Crippen MR) is 224 cm³/mol. The smallest absolute Gasteiger partial charge is 0.380 e. The fraction of sp³-hybridized carbons (Fsp3) is 0.275. The minimum absolute atomic E-state index is 0. The Bertz CT molecular complexity index is 2910.